The van der Waals surface area contributed by atoms with Crippen LogP contribution in [0.15, 0.2) is 55.1 Å². The average molecular weight is 340 g/mol. The van der Waals surface area contributed by atoms with E-state index in [1.165, 1.54) is 31.9 Å². The van der Waals surface area contributed by atoms with Crippen molar-refractivity contribution < 1.29 is 0 Å². The first-order chi connectivity index (χ1) is 11.1. The Morgan fingerprint density at radius 2 is 1.83 bits per heavy atom. The molecule has 0 saturated carbocycles. The molecule has 2 heteroatoms. The predicted molar refractivity (Wildman–Crippen MR) is 117 cm³/mol. The van der Waals surface area contributed by atoms with Crippen LogP contribution in [0.3, 0.4) is 0 Å². The van der Waals surface area contributed by atoms with Gasteiger partial charge in [0.2, 0.25) is 0 Å². The zero-order chi connectivity index (χ0) is 18.4. The van der Waals surface area contributed by atoms with E-state index in [9.17, 15) is 0 Å². The molecule has 3 unspecified atom stereocenters. The first kappa shape index (κ1) is 21.0. The maximum Gasteiger partial charge on any atom is 0.121 e. The maximum atomic E-state index is 4.12. The van der Waals surface area contributed by atoms with E-state index in [0.29, 0.717) is 5.92 Å². The van der Waals surface area contributed by atoms with Crippen LogP contribution >= 0.6 is 0 Å². The van der Waals surface area contributed by atoms with Crippen molar-refractivity contribution in [2.75, 3.05) is 0 Å². The minimum atomic E-state index is -1.38. The van der Waals surface area contributed by atoms with E-state index >= 15 is 0 Å². The van der Waals surface area contributed by atoms with Crippen molar-refractivity contribution in [1.82, 2.24) is 0 Å². The summed E-state index contributed by atoms with van der Waals surface area (Å²) in [5, 5.41) is 1.58. The van der Waals surface area contributed by atoms with Crippen LogP contribution in [0.5, 0.6) is 0 Å². The van der Waals surface area contributed by atoms with Crippen LogP contribution in [0, 0.1) is 11.3 Å². The SMILES string of the molecule is C=CC(C)(CBCC(C)[Si](C)(C)c1ccccc1)CC(C)C(=C)C. The molecule has 0 aromatic heterocycles. The van der Waals surface area contributed by atoms with Crippen molar-refractivity contribution >= 4 is 20.5 Å². The summed E-state index contributed by atoms with van der Waals surface area (Å²) < 4.78 is 0. The molecule has 0 aliphatic rings. The summed E-state index contributed by atoms with van der Waals surface area (Å²) in [4.78, 5) is 0. The van der Waals surface area contributed by atoms with Crippen molar-refractivity contribution in [1.29, 1.82) is 0 Å². The third-order valence-corrected chi connectivity index (χ3v) is 10.8. The molecular formula is C22H37BSi. The highest BCUT2D eigenvalue weighted by atomic mass is 28.3. The molecule has 0 spiro atoms. The minimum absolute atomic E-state index is 0.233. The second-order valence-electron chi connectivity index (χ2n) is 8.69. The smallest absolute Gasteiger partial charge is 0.103 e. The van der Waals surface area contributed by atoms with Crippen molar-refractivity contribution in [2.24, 2.45) is 11.3 Å². The Morgan fingerprint density at radius 3 is 2.33 bits per heavy atom. The summed E-state index contributed by atoms with van der Waals surface area (Å²) in [6.07, 6.45) is 5.90. The van der Waals surface area contributed by atoms with Crippen molar-refractivity contribution in [2.45, 2.75) is 65.4 Å². The fraction of sp³-hybridized carbons (Fsp3) is 0.545. The van der Waals surface area contributed by atoms with Gasteiger partial charge in [-0.25, -0.2) is 0 Å². The molecule has 1 aromatic carbocycles. The molecule has 24 heavy (non-hydrogen) atoms. The summed E-state index contributed by atoms with van der Waals surface area (Å²) in [5.41, 5.74) is 2.32. The summed E-state index contributed by atoms with van der Waals surface area (Å²) in [6, 6.07) is 11.1. The Balaban J connectivity index is 2.61. The normalized spacial score (nSPS) is 16.8. The van der Waals surface area contributed by atoms with Gasteiger partial charge in [-0.1, -0.05) is 106 Å². The van der Waals surface area contributed by atoms with Gasteiger partial charge in [-0.05, 0) is 24.7 Å². The van der Waals surface area contributed by atoms with Gasteiger partial charge in [0, 0.05) is 0 Å². The van der Waals surface area contributed by atoms with Crippen molar-refractivity contribution in [3.8, 4) is 0 Å². The summed E-state index contributed by atoms with van der Waals surface area (Å²) in [5.74, 6) is 0.570. The Kier molecular flexibility index (Phi) is 7.79. The highest BCUT2D eigenvalue weighted by molar-refractivity contribution is 6.91. The van der Waals surface area contributed by atoms with Crippen LogP contribution in [-0.4, -0.2) is 15.4 Å². The van der Waals surface area contributed by atoms with E-state index in [2.05, 4.69) is 90.4 Å². The monoisotopic (exact) mass is 340 g/mol. The number of hydrogen-bond acceptors (Lipinski definition) is 0. The molecule has 0 nitrogen and oxygen atoms in total. The lowest BCUT2D eigenvalue weighted by molar-refractivity contribution is 0.377. The molecule has 1 aromatic rings. The molecule has 1 rings (SSSR count). The standard InChI is InChI=1S/C22H37BSi/c1-9-22(6,15-19(4)18(2)3)17-23-16-20(5)24(7,8)21-13-11-10-12-14-21/h9-14,19-20,23H,1-2,15-17H2,3-8H3. The first-order valence-electron chi connectivity index (χ1n) is 9.47. The average Bonchev–Trinajstić information content (AvgIpc) is 2.55. The van der Waals surface area contributed by atoms with Gasteiger partial charge in [0.15, 0.2) is 0 Å². The van der Waals surface area contributed by atoms with Crippen LogP contribution in [-0.2, 0) is 0 Å². The number of allylic oxidation sites excluding steroid dienone is 2. The Morgan fingerprint density at radius 1 is 1.25 bits per heavy atom. The second kappa shape index (κ2) is 8.90. The quantitative estimate of drug-likeness (QED) is 0.359. The Hall–Kier alpha value is -1.02. The van der Waals surface area contributed by atoms with Crippen LogP contribution < -0.4 is 5.19 Å². The van der Waals surface area contributed by atoms with E-state index in [1.54, 1.807) is 5.19 Å². The Labute approximate surface area is 152 Å². The summed E-state index contributed by atoms with van der Waals surface area (Å²) in [6.45, 7) is 22.5. The lowest BCUT2D eigenvalue weighted by Crippen LogP contribution is -2.45. The lowest BCUT2D eigenvalue weighted by atomic mass is 9.59. The van der Waals surface area contributed by atoms with E-state index in [4.69, 9.17) is 0 Å². The third kappa shape index (κ3) is 5.81. The highest BCUT2D eigenvalue weighted by Gasteiger charge is 2.31. The fourth-order valence-electron chi connectivity index (χ4n) is 3.49. The molecule has 0 aliphatic carbocycles. The highest BCUT2D eigenvalue weighted by Crippen LogP contribution is 2.35. The van der Waals surface area contributed by atoms with Gasteiger partial charge in [-0.3, -0.25) is 0 Å². The minimum Gasteiger partial charge on any atom is -0.103 e. The topological polar surface area (TPSA) is 0 Å². The summed E-state index contributed by atoms with van der Waals surface area (Å²) in [7, 11) is -0.0916. The molecule has 0 aliphatic heterocycles. The third-order valence-electron chi connectivity index (χ3n) is 6.24. The fourth-order valence-corrected chi connectivity index (χ4v) is 6.03. The molecule has 0 saturated heterocycles. The molecule has 0 radical (unpaired) electrons. The van der Waals surface area contributed by atoms with Gasteiger partial charge in [-0.15, -0.1) is 6.58 Å². The Bertz CT molecular complexity index is 534. The van der Waals surface area contributed by atoms with Crippen LogP contribution in [0.1, 0.15) is 34.1 Å². The zero-order valence-electron chi connectivity index (χ0n) is 16.9. The predicted octanol–water partition coefficient (Wildman–Crippen LogP) is 6.06. The van der Waals surface area contributed by atoms with Crippen molar-refractivity contribution in [3.05, 3.63) is 55.1 Å². The van der Waals surface area contributed by atoms with Crippen LogP contribution in [0.25, 0.3) is 0 Å². The van der Waals surface area contributed by atoms with E-state index in [-0.39, 0.29) is 5.41 Å². The van der Waals surface area contributed by atoms with Gasteiger partial charge >= 0.3 is 0 Å². The van der Waals surface area contributed by atoms with Crippen LogP contribution in [0.4, 0.5) is 0 Å². The zero-order valence-corrected chi connectivity index (χ0v) is 17.9. The number of hydrogen-bond donors (Lipinski definition) is 0. The molecule has 3 atom stereocenters. The van der Waals surface area contributed by atoms with E-state index < -0.39 is 8.07 Å². The molecular weight excluding hydrogens is 303 g/mol. The van der Waals surface area contributed by atoms with E-state index in [1.807, 2.05) is 0 Å². The maximum absolute atomic E-state index is 4.12. The van der Waals surface area contributed by atoms with Crippen LogP contribution in [0.2, 0.25) is 31.3 Å². The van der Waals surface area contributed by atoms with Gasteiger partial charge in [0.05, 0.1) is 8.07 Å². The second-order valence-corrected chi connectivity index (χ2v) is 13.7. The summed E-state index contributed by atoms with van der Waals surface area (Å²) >= 11 is 0. The van der Waals surface area contributed by atoms with Gasteiger partial charge < -0.3 is 0 Å². The molecule has 0 bridgehead atoms. The molecule has 132 valence electrons. The lowest BCUT2D eigenvalue weighted by Gasteiger charge is -2.33. The van der Waals surface area contributed by atoms with Crippen molar-refractivity contribution in [3.63, 3.8) is 0 Å². The van der Waals surface area contributed by atoms with Gasteiger partial charge in [0.1, 0.15) is 7.28 Å². The first-order valence-corrected chi connectivity index (χ1v) is 12.5. The van der Waals surface area contributed by atoms with Gasteiger partial charge in [-0.2, -0.15) is 0 Å². The van der Waals surface area contributed by atoms with Gasteiger partial charge in [0.25, 0.3) is 0 Å². The number of benzene rings is 1. The number of rotatable bonds is 10. The molecule has 0 fully saturated rings. The largest absolute Gasteiger partial charge is 0.121 e. The molecule has 0 amide bonds. The van der Waals surface area contributed by atoms with E-state index in [0.717, 1.165) is 5.54 Å². The molecule has 0 N–H and O–H groups in total. The molecule has 0 heterocycles.